The molecule has 0 aliphatic carbocycles. The van der Waals surface area contributed by atoms with E-state index in [9.17, 15) is 4.79 Å². The molecule has 2 aromatic carbocycles. The monoisotopic (exact) mass is 353 g/mol. The average Bonchev–Trinajstić information content (AvgIpc) is 2.69. The zero-order valence-electron chi connectivity index (χ0n) is 15.6. The molecule has 1 N–H and O–H groups in total. The van der Waals surface area contributed by atoms with Gasteiger partial charge in [0, 0.05) is 38.4 Å². The molecule has 0 unspecified atom stereocenters. The number of para-hydroxylation sites is 1. The zero-order chi connectivity index (χ0) is 18.4. The Bertz CT molecular complexity index is 722. The van der Waals surface area contributed by atoms with Crippen LogP contribution in [0.25, 0.3) is 0 Å². The van der Waals surface area contributed by atoms with Gasteiger partial charge >= 0.3 is 6.03 Å². The highest BCUT2D eigenvalue weighted by atomic mass is 16.5. The highest BCUT2D eigenvalue weighted by Gasteiger charge is 2.21. The highest BCUT2D eigenvalue weighted by Crippen LogP contribution is 2.17. The summed E-state index contributed by atoms with van der Waals surface area (Å²) >= 11 is 0. The Kier molecular flexibility index (Phi) is 6.12. The largest absolute Gasteiger partial charge is 0.497 e. The van der Waals surface area contributed by atoms with Gasteiger partial charge in [-0.2, -0.15) is 0 Å². The van der Waals surface area contributed by atoms with Crippen molar-refractivity contribution in [3.05, 3.63) is 59.7 Å². The number of benzene rings is 2. The molecular weight excluding hydrogens is 326 g/mol. The Morgan fingerprint density at radius 3 is 2.38 bits per heavy atom. The lowest BCUT2D eigenvalue weighted by atomic mass is 10.1. The second-order valence-corrected chi connectivity index (χ2v) is 6.55. The van der Waals surface area contributed by atoms with E-state index in [1.807, 2.05) is 35.2 Å². The molecule has 26 heavy (non-hydrogen) atoms. The summed E-state index contributed by atoms with van der Waals surface area (Å²) in [5.41, 5.74) is 3.35. The van der Waals surface area contributed by atoms with E-state index in [0.717, 1.165) is 50.6 Å². The number of carbonyl (C=O) groups is 1. The Balaban J connectivity index is 1.50. The molecule has 1 saturated heterocycles. The highest BCUT2D eigenvalue weighted by molar-refractivity contribution is 5.90. The standard InChI is InChI=1S/C21H27N3O2/c1-3-18-6-4-5-7-20(18)22-21(25)24-14-12-23(13-15-24)16-17-8-10-19(26-2)11-9-17/h4-11H,3,12-16H2,1-2H3,(H,22,25). The van der Waals surface area contributed by atoms with Gasteiger partial charge in [-0.3, -0.25) is 4.90 Å². The van der Waals surface area contributed by atoms with Crippen molar-refractivity contribution < 1.29 is 9.53 Å². The summed E-state index contributed by atoms with van der Waals surface area (Å²) in [5.74, 6) is 0.877. The van der Waals surface area contributed by atoms with Crippen molar-refractivity contribution in [1.29, 1.82) is 0 Å². The van der Waals surface area contributed by atoms with Crippen LogP contribution in [-0.4, -0.2) is 49.1 Å². The van der Waals surface area contributed by atoms with Crippen molar-refractivity contribution >= 4 is 11.7 Å². The van der Waals surface area contributed by atoms with Crippen LogP contribution in [-0.2, 0) is 13.0 Å². The average molecular weight is 353 g/mol. The quantitative estimate of drug-likeness (QED) is 0.893. The van der Waals surface area contributed by atoms with Gasteiger partial charge in [-0.1, -0.05) is 37.3 Å². The van der Waals surface area contributed by atoms with E-state index < -0.39 is 0 Å². The molecule has 1 fully saturated rings. The van der Waals surface area contributed by atoms with Gasteiger partial charge in [0.05, 0.1) is 7.11 Å². The number of methoxy groups -OCH3 is 1. The van der Waals surface area contributed by atoms with Crippen molar-refractivity contribution in [1.82, 2.24) is 9.80 Å². The van der Waals surface area contributed by atoms with E-state index in [-0.39, 0.29) is 6.03 Å². The van der Waals surface area contributed by atoms with Crippen LogP contribution in [0.1, 0.15) is 18.1 Å². The SMILES string of the molecule is CCc1ccccc1NC(=O)N1CCN(Cc2ccc(OC)cc2)CC1. The van der Waals surface area contributed by atoms with Gasteiger partial charge < -0.3 is 15.0 Å². The lowest BCUT2D eigenvalue weighted by Gasteiger charge is -2.34. The van der Waals surface area contributed by atoms with Gasteiger partial charge in [-0.15, -0.1) is 0 Å². The maximum Gasteiger partial charge on any atom is 0.321 e. The van der Waals surface area contributed by atoms with Crippen LogP contribution in [0.15, 0.2) is 48.5 Å². The van der Waals surface area contributed by atoms with Gasteiger partial charge in [-0.25, -0.2) is 4.79 Å². The van der Waals surface area contributed by atoms with E-state index in [0.29, 0.717) is 0 Å². The van der Waals surface area contributed by atoms with Crippen LogP contribution in [0.4, 0.5) is 10.5 Å². The minimum atomic E-state index is -0.00463. The number of carbonyl (C=O) groups excluding carboxylic acids is 1. The number of nitrogens with one attached hydrogen (secondary N) is 1. The molecule has 5 heteroatoms. The molecule has 1 heterocycles. The van der Waals surface area contributed by atoms with Crippen molar-refractivity contribution in [2.24, 2.45) is 0 Å². The molecule has 0 aromatic heterocycles. The summed E-state index contributed by atoms with van der Waals surface area (Å²) in [6.07, 6.45) is 0.909. The number of rotatable bonds is 5. The number of hydrogen-bond acceptors (Lipinski definition) is 3. The first-order chi connectivity index (χ1) is 12.7. The summed E-state index contributed by atoms with van der Waals surface area (Å²) in [4.78, 5) is 16.8. The number of hydrogen-bond donors (Lipinski definition) is 1. The van der Waals surface area contributed by atoms with Gasteiger partial charge in [-0.05, 0) is 35.7 Å². The Morgan fingerprint density at radius 1 is 1.04 bits per heavy atom. The van der Waals surface area contributed by atoms with Crippen LogP contribution in [0.2, 0.25) is 0 Å². The van der Waals surface area contributed by atoms with E-state index >= 15 is 0 Å². The number of aryl methyl sites for hydroxylation is 1. The van der Waals surface area contributed by atoms with Crippen LogP contribution in [0.5, 0.6) is 5.75 Å². The fourth-order valence-corrected chi connectivity index (χ4v) is 3.24. The number of piperazine rings is 1. The number of amides is 2. The number of urea groups is 1. The molecule has 2 amide bonds. The summed E-state index contributed by atoms with van der Waals surface area (Å²) in [7, 11) is 1.68. The maximum absolute atomic E-state index is 12.6. The van der Waals surface area contributed by atoms with E-state index in [2.05, 4.69) is 35.3 Å². The molecule has 0 saturated carbocycles. The number of nitrogens with zero attached hydrogens (tertiary/aromatic N) is 2. The Morgan fingerprint density at radius 2 is 1.73 bits per heavy atom. The fourth-order valence-electron chi connectivity index (χ4n) is 3.24. The van der Waals surface area contributed by atoms with Crippen molar-refractivity contribution in [3.63, 3.8) is 0 Å². The molecule has 2 aromatic rings. The topological polar surface area (TPSA) is 44.8 Å². The molecule has 1 aliphatic heterocycles. The second kappa shape index (κ2) is 8.72. The van der Waals surface area contributed by atoms with Gasteiger partial charge in [0.1, 0.15) is 5.75 Å². The van der Waals surface area contributed by atoms with Gasteiger partial charge in [0.2, 0.25) is 0 Å². The first kappa shape index (κ1) is 18.3. The van der Waals surface area contributed by atoms with Crippen LogP contribution in [0, 0.1) is 0 Å². The van der Waals surface area contributed by atoms with Crippen LogP contribution in [0.3, 0.4) is 0 Å². The minimum Gasteiger partial charge on any atom is -0.497 e. The normalized spacial score (nSPS) is 14.9. The Hall–Kier alpha value is -2.53. The third-order valence-corrected chi connectivity index (χ3v) is 4.86. The smallest absolute Gasteiger partial charge is 0.321 e. The molecule has 0 spiro atoms. The summed E-state index contributed by atoms with van der Waals surface area (Å²) in [6.45, 7) is 6.26. The summed E-state index contributed by atoms with van der Waals surface area (Å²) in [5, 5.41) is 3.06. The lowest BCUT2D eigenvalue weighted by Crippen LogP contribution is -2.49. The van der Waals surface area contributed by atoms with Gasteiger partial charge in [0.15, 0.2) is 0 Å². The van der Waals surface area contributed by atoms with Crippen LogP contribution < -0.4 is 10.1 Å². The van der Waals surface area contributed by atoms with E-state index in [1.54, 1.807) is 7.11 Å². The first-order valence-corrected chi connectivity index (χ1v) is 9.18. The Labute approximate surface area is 155 Å². The predicted octanol–water partition coefficient (Wildman–Crippen LogP) is 3.61. The molecule has 138 valence electrons. The molecular formula is C21H27N3O2. The zero-order valence-corrected chi connectivity index (χ0v) is 15.6. The number of anilines is 1. The van der Waals surface area contributed by atoms with Crippen molar-refractivity contribution in [2.45, 2.75) is 19.9 Å². The molecule has 5 nitrogen and oxygen atoms in total. The summed E-state index contributed by atoms with van der Waals surface area (Å²) in [6, 6.07) is 16.2. The minimum absolute atomic E-state index is 0.00463. The van der Waals surface area contributed by atoms with E-state index in [4.69, 9.17) is 4.74 Å². The lowest BCUT2D eigenvalue weighted by molar-refractivity contribution is 0.143. The van der Waals surface area contributed by atoms with Gasteiger partial charge in [0.25, 0.3) is 0 Å². The number of ether oxygens (including phenoxy) is 1. The maximum atomic E-state index is 12.6. The summed E-state index contributed by atoms with van der Waals surface area (Å²) < 4.78 is 5.20. The third-order valence-electron chi connectivity index (χ3n) is 4.86. The van der Waals surface area contributed by atoms with Crippen LogP contribution >= 0.6 is 0 Å². The van der Waals surface area contributed by atoms with Crippen molar-refractivity contribution in [2.75, 3.05) is 38.6 Å². The molecule has 0 atom stereocenters. The first-order valence-electron chi connectivity index (χ1n) is 9.18. The predicted molar refractivity (Wildman–Crippen MR) is 105 cm³/mol. The molecule has 0 bridgehead atoms. The molecule has 1 aliphatic rings. The van der Waals surface area contributed by atoms with E-state index in [1.165, 1.54) is 11.1 Å². The second-order valence-electron chi connectivity index (χ2n) is 6.55. The fraction of sp³-hybridized carbons (Fsp3) is 0.381. The van der Waals surface area contributed by atoms with Crippen molar-refractivity contribution in [3.8, 4) is 5.75 Å². The third kappa shape index (κ3) is 4.55. The molecule has 3 rings (SSSR count). The molecule has 0 radical (unpaired) electrons.